The van der Waals surface area contributed by atoms with Gasteiger partial charge in [0.1, 0.15) is 12.3 Å². The molecule has 1 atom stereocenters. The number of halogens is 1. The first-order valence-electron chi connectivity index (χ1n) is 13.1. The minimum atomic E-state index is -0.188. The molecule has 4 heterocycles. The van der Waals surface area contributed by atoms with Crippen LogP contribution in [0.4, 0.5) is 0 Å². The molecule has 0 saturated carbocycles. The molecule has 1 aromatic carbocycles. The minimum Gasteiger partial charge on any atom is -0.476 e. The predicted octanol–water partition coefficient (Wildman–Crippen LogP) is 5.41. The molecule has 1 aliphatic heterocycles. The molecule has 0 saturated heterocycles. The topological polar surface area (TPSA) is 103 Å². The van der Waals surface area contributed by atoms with E-state index >= 15 is 0 Å². The molecule has 0 aliphatic carbocycles. The molecular formula is C27H37IN7O3P. The summed E-state index contributed by atoms with van der Waals surface area (Å²) in [6.45, 7) is 10.7. The molecule has 5 rings (SSSR count). The minimum absolute atomic E-state index is 0.116. The lowest BCUT2D eigenvalue weighted by Gasteiger charge is -2.19. The van der Waals surface area contributed by atoms with Gasteiger partial charge in [-0.25, -0.2) is 9.13 Å². The van der Waals surface area contributed by atoms with E-state index in [9.17, 15) is 9.90 Å². The van der Waals surface area contributed by atoms with Gasteiger partial charge in [0.2, 0.25) is 5.88 Å². The number of amides is 1. The maximum atomic E-state index is 13.5. The van der Waals surface area contributed by atoms with Gasteiger partial charge in [-0.15, -0.1) is 0 Å². The number of likely N-dealkylation sites (N-methyl/N-ethyl adjacent to an activating group) is 1. The van der Waals surface area contributed by atoms with E-state index in [0.717, 1.165) is 27.7 Å². The monoisotopic (exact) mass is 665 g/mol. The summed E-state index contributed by atoms with van der Waals surface area (Å²) >= 11 is 2.32. The van der Waals surface area contributed by atoms with Crippen molar-refractivity contribution in [2.24, 2.45) is 7.05 Å². The van der Waals surface area contributed by atoms with E-state index in [2.05, 4.69) is 50.4 Å². The summed E-state index contributed by atoms with van der Waals surface area (Å²) in [4.78, 5) is 15.1. The van der Waals surface area contributed by atoms with E-state index in [1.165, 1.54) is 0 Å². The Bertz CT molecular complexity index is 1460. The SMILES string of the molecule is CC.CC.Cc1nn(CCO)c2c1/C=C/c1nn(PI)c3ccc(cc13)-c1cnn(C)c1OCCN(C)C2=O. The molecule has 210 valence electrons. The Balaban J connectivity index is 0.00000100. The molecule has 4 aromatic rings. The maximum Gasteiger partial charge on any atom is 0.272 e. The van der Waals surface area contributed by atoms with Crippen molar-refractivity contribution < 1.29 is 14.6 Å². The van der Waals surface area contributed by atoms with E-state index in [1.54, 1.807) is 27.5 Å². The van der Waals surface area contributed by atoms with Crippen molar-refractivity contribution >= 4 is 57.4 Å². The molecule has 1 N–H and O–H groups in total. The molecule has 0 spiro atoms. The maximum absolute atomic E-state index is 13.5. The van der Waals surface area contributed by atoms with E-state index < -0.39 is 0 Å². The van der Waals surface area contributed by atoms with Crippen LogP contribution in [0.2, 0.25) is 0 Å². The zero-order valence-electron chi connectivity index (χ0n) is 23.6. The van der Waals surface area contributed by atoms with Crippen LogP contribution in [0.3, 0.4) is 0 Å². The Morgan fingerprint density at radius 3 is 2.56 bits per heavy atom. The first-order chi connectivity index (χ1) is 18.9. The van der Waals surface area contributed by atoms with Gasteiger partial charge in [-0.05, 0) is 58.8 Å². The van der Waals surface area contributed by atoms with E-state index in [4.69, 9.17) is 9.84 Å². The van der Waals surface area contributed by atoms with Crippen molar-refractivity contribution in [3.05, 3.63) is 47.0 Å². The first kappa shape index (κ1) is 30.8. The average molecular weight is 666 g/mol. The number of nitrogens with zero attached hydrogens (tertiary/aromatic N) is 7. The first-order valence-corrected chi connectivity index (χ1v) is 17.2. The molecule has 1 amide bonds. The zero-order valence-corrected chi connectivity index (χ0v) is 26.7. The normalized spacial score (nSPS) is 14.1. The molecular weight excluding hydrogens is 628 g/mol. The molecule has 12 heteroatoms. The van der Waals surface area contributed by atoms with Crippen molar-refractivity contribution in [3.63, 3.8) is 0 Å². The van der Waals surface area contributed by atoms with Gasteiger partial charge in [0.25, 0.3) is 5.91 Å². The third kappa shape index (κ3) is 6.20. The van der Waals surface area contributed by atoms with Crippen molar-refractivity contribution in [1.82, 2.24) is 34.0 Å². The smallest absolute Gasteiger partial charge is 0.272 e. The van der Waals surface area contributed by atoms with Gasteiger partial charge in [0.15, 0.2) is 0 Å². The fourth-order valence-corrected chi connectivity index (χ4v) is 5.83. The van der Waals surface area contributed by atoms with Crippen molar-refractivity contribution in [3.8, 4) is 17.0 Å². The lowest BCUT2D eigenvalue weighted by atomic mass is 10.0. The number of aromatic nitrogens is 6. The average Bonchev–Trinajstić information content (AvgIpc) is 3.61. The number of aliphatic hydroxyl groups excluding tert-OH is 1. The van der Waals surface area contributed by atoms with Gasteiger partial charge in [-0.2, -0.15) is 15.3 Å². The van der Waals surface area contributed by atoms with Gasteiger partial charge in [0.05, 0.1) is 54.7 Å². The molecule has 2 bridgehead atoms. The molecule has 10 nitrogen and oxygen atoms in total. The fraction of sp³-hybridized carbons (Fsp3) is 0.407. The number of rotatable bonds is 3. The Hall–Kier alpha value is -2.76. The zero-order chi connectivity index (χ0) is 28.7. The van der Waals surface area contributed by atoms with Gasteiger partial charge in [-0.3, -0.25) is 9.48 Å². The summed E-state index contributed by atoms with van der Waals surface area (Å²) in [5.41, 5.74) is 5.56. The van der Waals surface area contributed by atoms with E-state index in [1.807, 2.05) is 58.3 Å². The number of aryl methyl sites for hydroxylation is 2. The Morgan fingerprint density at radius 1 is 1.13 bits per heavy atom. The predicted molar refractivity (Wildman–Crippen MR) is 168 cm³/mol. The number of hydrogen-bond acceptors (Lipinski definition) is 6. The third-order valence-electron chi connectivity index (χ3n) is 6.09. The largest absolute Gasteiger partial charge is 0.476 e. The number of fused-ring (bicyclic) bond motifs is 4. The standard InChI is InChI=1S/C23H25IN7O3P.2C2H6/c1-14-16-5-6-19-17-12-15(4-7-20(17)31(27-19)35-24)18-13-25-29(3)23(18)34-11-9-28(2)22(33)21(16)30(26-14)8-10-32;2*1-2/h4-7,12-13,32,35H,8-11H2,1-3H3;2*1-2H3/b6-5+;;. The van der Waals surface area contributed by atoms with Crippen molar-refractivity contribution in [2.75, 3.05) is 26.8 Å². The number of hydrogen-bond donors (Lipinski definition) is 1. The van der Waals surface area contributed by atoms with Crippen molar-refractivity contribution in [1.29, 1.82) is 0 Å². The quantitative estimate of drug-likeness (QED) is 0.232. The molecule has 1 unspecified atom stereocenters. The second kappa shape index (κ2) is 14.0. The molecule has 0 fully saturated rings. The number of ether oxygens (including phenoxy) is 1. The number of carbonyl (C=O) groups excluding carboxylic acids is 1. The second-order valence-corrected chi connectivity index (χ2v) is 10.3. The molecule has 3 aromatic heterocycles. The van der Waals surface area contributed by atoms with Gasteiger partial charge < -0.3 is 14.7 Å². The summed E-state index contributed by atoms with van der Waals surface area (Å²) in [7, 11) is 3.58. The highest BCUT2D eigenvalue weighted by atomic mass is 127. The van der Waals surface area contributed by atoms with E-state index in [-0.39, 0.29) is 19.1 Å². The molecule has 1 aliphatic rings. The number of carbonyl (C=O) groups is 1. The van der Waals surface area contributed by atoms with Crippen LogP contribution in [-0.2, 0) is 13.6 Å². The summed E-state index contributed by atoms with van der Waals surface area (Å²) in [5, 5.41) is 24.3. The lowest BCUT2D eigenvalue weighted by molar-refractivity contribution is 0.0757. The fourth-order valence-electron chi connectivity index (χ4n) is 4.29. The van der Waals surface area contributed by atoms with Crippen LogP contribution in [0, 0.1) is 6.92 Å². The van der Waals surface area contributed by atoms with Gasteiger partial charge in [-0.1, -0.05) is 33.8 Å². The third-order valence-corrected chi connectivity index (χ3v) is 7.96. The Morgan fingerprint density at radius 2 is 1.87 bits per heavy atom. The summed E-state index contributed by atoms with van der Waals surface area (Å²) in [6, 6.07) is 6.24. The number of benzene rings is 1. The van der Waals surface area contributed by atoms with Crippen LogP contribution >= 0.6 is 28.4 Å². The van der Waals surface area contributed by atoms with Gasteiger partial charge >= 0.3 is 0 Å². The molecule has 0 radical (unpaired) electrons. The van der Waals surface area contributed by atoms with Crippen LogP contribution in [0.1, 0.15) is 55.1 Å². The highest BCUT2D eigenvalue weighted by Gasteiger charge is 2.24. The molecule has 39 heavy (non-hydrogen) atoms. The number of aliphatic hydroxyl groups is 1. The second-order valence-electron chi connectivity index (χ2n) is 8.30. The van der Waals surface area contributed by atoms with Crippen LogP contribution in [0.15, 0.2) is 24.4 Å². The highest BCUT2D eigenvalue weighted by Crippen LogP contribution is 2.36. The highest BCUT2D eigenvalue weighted by molar-refractivity contribution is 14.2. The van der Waals surface area contributed by atoms with Crippen LogP contribution in [0.25, 0.3) is 34.2 Å². The van der Waals surface area contributed by atoms with Crippen LogP contribution in [0.5, 0.6) is 5.88 Å². The van der Waals surface area contributed by atoms with Crippen LogP contribution in [-0.4, -0.2) is 71.8 Å². The Labute approximate surface area is 244 Å². The summed E-state index contributed by atoms with van der Waals surface area (Å²) in [5.74, 6) is 0.453. The van der Waals surface area contributed by atoms with Gasteiger partial charge in [0, 0.05) is 25.0 Å². The van der Waals surface area contributed by atoms with E-state index in [0.29, 0.717) is 42.4 Å². The Kier molecular flexibility index (Phi) is 11.1. The lowest BCUT2D eigenvalue weighted by Crippen LogP contribution is -2.33. The summed E-state index contributed by atoms with van der Waals surface area (Å²) < 4.78 is 11.4. The van der Waals surface area contributed by atoms with Crippen LogP contribution < -0.4 is 4.74 Å². The van der Waals surface area contributed by atoms with Crippen molar-refractivity contribution in [2.45, 2.75) is 41.2 Å². The summed E-state index contributed by atoms with van der Waals surface area (Å²) in [6.07, 6.45) is 6.07.